The van der Waals surface area contributed by atoms with Gasteiger partial charge in [-0.25, -0.2) is 4.98 Å². The fourth-order valence-electron chi connectivity index (χ4n) is 2.72. The summed E-state index contributed by atoms with van der Waals surface area (Å²) in [5, 5.41) is 10.1. The van der Waals surface area contributed by atoms with E-state index in [1.807, 2.05) is 30.1 Å². The Labute approximate surface area is 177 Å². The summed E-state index contributed by atoms with van der Waals surface area (Å²) in [6.45, 7) is 1.12. The second kappa shape index (κ2) is 9.28. The first kappa shape index (κ1) is 21.8. The van der Waals surface area contributed by atoms with Gasteiger partial charge in [0.05, 0.1) is 11.4 Å². The Morgan fingerprint density at radius 1 is 1.20 bits per heavy atom. The highest BCUT2D eigenvalue weighted by Gasteiger charge is 2.18. The van der Waals surface area contributed by atoms with E-state index in [1.165, 1.54) is 0 Å². The van der Waals surface area contributed by atoms with Gasteiger partial charge in [0.1, 0.15) is 18.2 Å². The van der Waals surface area contributed by atoms with Crippen molar-refractivity contribution >= 4 is 27.3 Å². The normalized spacial score (nSPS) is 11.4. The molecule has 0 unspecified atom stereocenters. The second-order valence-corrected chi connectivity index (χ2v) is 9.00. The van der Waals surface area contributed by atoms with Crippen molar-refractivity contribution in [3.63, 3.8) is 0 Å². The van der Waals surface area contributed by atoms with Gasteiger partial charge in [0.2, 0.25) is 5.88 Å². The number of anilines is 1. The van der Waals surface area contributed by atoms with E-state index in [9.17, 15) is 18.3 Å². The zero-order valence-electron chi connectivity index (χ0n) is 16.1. The monoisotopic (exact) mass is 451 g/mol. The first-order valence-electron chi connectivity index (χ1n) is 8.93. The number of aromatic nitrogens is 2. The maximum absolute atomic E-state index is 11.9. The van der Waals surface area contributed by atoms with Gasteiger partial charge in [0.25, 0.3) is 10.1 Å². The van der Waals surface area contributed by atoms with Crippen LogP contribution in [0.2, 0.25) is 0 Å². The number of likely N-dealkylation sites (N-methyl/N-ethyl adjacent to an activating group) is 1. The average molecular weight is 452 g/mol. The molecule has 0 radical (unpaired) electrons. The fraction of sp³-hybridized carbons (Fsp3) is 0.263. The van der Waals surface area contributed by atoms with Gasteiger partial charge in [-0.3, -0.25) is 13.9 Å². The number of thiazole rings is 1. The van der Waals surface area contributed by atoms with Crippen LogP contribution in [-0.2, 0) is 22.4 Å². The Kier molecular flexibility index (Phi) is 6.75. The topological polar surface area (TPSA) is 122 Å². The lowest BCUT2D eigenvalue weighted by molar-refractivity contribution is 0.325. The summed E-state index contributed by atoms with van der Waals surface area (Å²) < 4.78 is 37.3. The molecule has 9 nitrogen and oxygen atoms in total. The average Bonchev–Trinajstić information content (AvgIpc) is 2.96. The third-order valence-corrected chi connectivity index (χ3v) is 5.80. The molecule has 30 heavy (non-hydrogen) atoms. The number of hydrogen-bond donors (Lipinski definition) is 2. The van der Waals surface area contributed by atoms with Gasteiger partial charge in [-0.1, -0.05) is 29.5 Å². The molecule has 0 fully saturated rings. The molecule has 0 spiro atoms. The highest BCUT2D eigenvalue weighted by atomic mass is 32.2. The number of nitrogens with zero attached hydrogens (tertiary/aromatic N) is 3. The number of ether oxygens (including phenoxy) is 1. The molecular weight excluding hydrogens is 430 g/mol. The van der Waals surface area contributed by atoms with Crippen molar-refractivity contribution in [2.75, 3.05) is 25.1 Å². The fourth-order valence-corrected chi connectivity index (χ4v) is 4.28. The number of benzene rings is 1. The van der Waals surface area contributed by atoms with E-state index in [1.54, 1.807) is 30.5 Å². The van der Waals surface area contributed by atoms with Crippen molar-refractivity contribution in [2.24, 2.45) is 0 Å². The summed E-state index contributed by atoms with van der Waals surface area (Å²) in [7, 11) is -2.50. The van der Waals surface area contributed by atoms with Gasteiger partial charge in [-0.05, 0) is 29.8 Å². The predicted octanol–water partition coefficient (Wildman–Crippen LogP) is 1.96. The van der Waals surface area contributed by atoms with Crippen LogP contribution in [0.15, 0.2) is 53.5 Å². The molecule has 0 amide bonds. The van der Waals surface area contributed by atoms with Crippen LogP contribution in [0.25, 0.3) is 0 Å². The van der Waals surface area contributed by atoms with Crippen molar-refractivity contribution < 1.29 is 22.8 Å². The molecule has 160 valence electrons. The van der Waals surface area contributed by atoms with Crippen molar-refractivity contribution in [3.8, 4) is 11.6 Å². The van der Waals surface area contributed by atoms with Crippen LogP contribution in [0.5, 0.6) is 11.6 Å². The largest absolute Gasteiger partial charge is 0.494 e. The summed E-state index contributed by atoms with van der Waals surface area (Å²) >= 11 is 0.735. The zero-order valence-corrected chi connectivity index (χ0v) is 17.8. The molecule has 0 aliphatic rings. The number of pyridine rings is 1. The standard InChI is InChI=1S/C19H21N3O6S2/c1-21(17-4-2-3-9-20-17)10-11-28-15-7-5-14(6-8-15)12-16-18(23)22(19(24)29-16)13-30(25,26)27/h2-9,23H,10-13H2,1H3,(H,25,26,27). The highest BCUT2D eigenvalue weighted by molar-refractivity contribution is 7.84. The molecule has 0 aliphatic heterocycles. The predicted molar refractivity (Wildman–Crippen MR) is 114 cm³/mol. The summed E-state index contributed by atoms with van der Waals surface area (Å²) in [4.78, 5) is 17.8. The molecule has 2 heterocycles. The Hall–Kier alpha value is -2.89. The van der Waals surface area contributed by atoms with E-state index < -0.39 is 26.7 Å². The van der Waals surface area contributed by atoms with E-state index in [-0.39, 0.29) is 6.42 Å². The van der Waals surface area contributed by atoms with E-state index >= 15 is 0 Å². The van der Waals surface area contributed by atoms with Crippen LogP contribution >= 0.6 is 11.3 Å². The first-order chi connectivity index (χ1) is 14.2. The van der Waals surface area contributed by atoms with Gasteiger partial charge < -0.3 is 14.7 Å². The molecule has 0 saturated heterocycles. The minimum absolute atomic E-state index is 0.243. The maximum atomic E-state index is 11.9. The van der Waals surface area contributed by atoms with E-state index in [0.29, 0.717) is 28.3 Å². The maximum Gasteiger partial charge on any atom is 0.311 e. The lowest BCUT2D eigenvalue weighted by Gasteiger charge is -2.18. The molecule has 3 rings (SSSR count). The molecule has 0 bridgehead atoms. The minimum atomic E-state index is -4.43. The van der Waals surface area contributed by atoms with E-state index in [0.717, 1.165) is 22.7 Å². The van der Waals surface area contributed by atoms with Gasteiger partial charge in [0.15, 0.2) is 5.88 Å². The van der Waals surface area contributed by atoms with Gasteiger partial charge in [0, 0.05) is 19.7 Å². The number of hydrogen-bond acceptors (Lipinski definition) is 8. The van der Waals surface area contributed by atoms with Crippen molar-refractivity contribution in [1.82, 2.24) is 9.55 Å². The van der Waals surface area contributed by atoms with Crippen LogP contribution in [0.1, 0.15) is 10.4 Å². The molecule has 0 aliphatic carbocycles. The van der Waals surface area contributed by atoms with Crippen molar-refractivity contribution in [2.45, 2.75) is 12.3 Å². The lowest BCUT2D eigenvalue weighted by Crippen LogP contribution is -2.24. The van der Waals surface area contributed by atoms with Crippen molar-refractivity contribution in [3.05, 3.63) is 68.8 Å². The zero-order chi connectivity index (χ0) is 21.7. The van der Waals surface area contributed by atoms with Crippen LogP contribution < -0.4 is 14.5 Å². The summed E-state index contributed by atoms with van der Waals surface area (Å²) in [6, 6.07) is 12.9. The van der Waals surface area contributed by atoms with Crippen LogP contribution in [0, 0.1) is 0 Å². The second-order valence-electron chi connectivity index (χ2n) is 6.53. The highest BCUT2D eigenvalue weighted by Crippen LogP contribution is 2.24. The summed E-state index contributed by atoms with van der Waals surface area (Å²) in [5.41, 5.74) is 0.809. The van der Waals surface area contributed by atoms with Crippen LogP contribution in [-0.4, -0.2) is 47.8 Å². The van der Waals surface area contributed by atoms with Gasteiger partial charge in [-0.2, -0.15) is 8.42 Å². The summed E-state index contributed by atoms with van der Waals surface area (Å²) in [5.74, 6) is 0.0969. The third-order valence-electron chi connectivity index (χ3n) is 4.25. The third kappa shape index (κ3) is 5.81. The molecular formula is C19H21N3O6S2. The number of rotatable bonds is 9. The molecule has 1 aromatic carbocycles. The van der Waals surface area contributed by atoms with Crippen molar-refractivity contribution in [1.29, 1.82) is 0 Å². The Morgan fingerprint density at radius 2 is 1.93 bits per heavy atom. The summed E-state index contributed by atoms with van der Waals surface area (Å²) in [6.07, 6.45) is 1.98. The van der Waals surface area contributed by atoms with Gasteiger partial charge in [-0.15, -0.1) is 0 Å². The Bertz CT molecular complexity index is 1140. The first-order valence-corrected chi connectivity index (χ1v) is 11.4. The molecule has 3 aromatic rings. The molecule has 0 atom stereocenters. The SMILES string of the molecule is CN(CCOc1ccc(Cc2sc(=O)n(CS(=O)(=O)O)c2O)cc1)c1ccccn1. The molecule has 2 N–H and O–H groups in total. The minimum Gasteiger partial charge on any atom is -0.494 e. The Balaban J connectivity index is 1.57. The lowest BCUT2D eigenvalue weighted by atomic mass is 10.1. The smallest absolute Gasteiger partial charge is 0.311 e. The molecule has 0 saturated carbocycles. The quantitative estimate of drug-likeness (QED) is 0.474. The Morgan fingerprint density at radius 3 is 2.57 bits per heavy atom. The van der Waals surface area contributed by atoms with Gasteiger partial charge >= 0.3 is 4.87 Å². The van der Waals surface area contributed by atoms with Crippen LogP contribution in [0.4, 0.5) is 5.82 Å². The molecule has 2 aromatic heterocycles. The number of aromatic hydroxyl groups is 1. The van der Waals surface area contributed by atoms with E-state index in [4.69, 9.17) is 9.29 Å². The van der Waals surface area contributed by atoms with Crippen LogP contribution in [0.3, 0.4) is 0 Å². The van der Waals surface area contributed by atoms with E-state index in [2.05, 4.69) is 4.98 Å². The molecule has 11 heteroatoms.